The predicted molar refractivity (Wildman–Crippen MR) is 88.3 cm³/mol. The van der Waals surface area contributed by atoms with E-state index in [0.717, 1.165) is 12.5 Å². The van der Waals surface area contributed by atoms with Crippen molar-refractivity contribution >= 4 is 0 Å². The molecule has 1 nitrogen and oxygen atoms in total. The van der Waals surface area contributed by atoms with Crippen molar-refractivity contribution in [2.75, 3.05) is 6.54 Å². The first kappa shape index (κ1) is 15.6. The van der Waals surface area contributed by atoms with E-state index < -0.39 is 0 Å². The quantitative estimate of drug-likeness (QED) is 0.774. The number of benzene rings is 1. The maximum Gasteiger partial charge on any atom is 0.0351 e. The van der Waals surface area contributed by atoms with E-state index in [2.05, 4.69) is 45.1 Å². The van der Waals surface area contributed by atoms with E-state index in [9.17, 15) is 0 Å². The molecule has 0 heterocycles. The lowest BCUT2D eigenvalue weighted by molar-refractivity contribution is 0.271. The van der Waals surface area contributed by atoms with E-state index in [0.29, 0.717) is 6.04 Å². The molecule has 0 radical (unpaired) electrons. The average molecular weight is 273 g/mol. The minimum absolute atomic E-state index is 0.564. The second-order valence-corrected chi connectivity index (χ2v) is 6.62. The van der Waals surface area contributed by atoms with Gasteiger partial charge in [-0.05, 0) is 74.8 Å². The van der Waals surface area contributed by atoms with E-state index in [-0.39, 0.29) is 0 Å². The Morgan fingerprint density at radius 1 is 1.00 bits per heavy atom. The minimum atomic E-state index is 0.564. The summed E-state index contributed by atoms with van der Waals surface area (Å²) in [6.07, 6.45) is 8.27. The molecule has 0 saturated heterocycles. The van der Waals surface area contributed by atoms with Crippen molar-refractivity contribution in [2.45, 2.75) is 72.3 Å². The molecule has 1 aromatic rings. The standard InChI is InChI=1S/C19H31N/c1-5-11-20-19(17-9-7-6-8-10-17)18-13-15(3)14(2)12-16(18)4/h12-13,17,19-20H,5-11H2,1-4H3. The van der Waals surface area contributed by atoms with Gasteiger partial charge in [-0.1, -0.05) is 38.3 Å². The summed E-state index contributed by atoms with van der Waals surface area (Å²) >= 11 is 0. The van der Waals surface area contributed by atoms with Gasteiger partial charge in [-0.25, -0.2) is 0 Å². The van der Waals surface area contributed by atoms with Crippen molar-refractivity contribution < 1.29 is 0 Å². The first-order chi connectivity index (χ1) is 9.63. The third-order valence-corrected chi connectivity index (χ3v) is 4.95. The van der Waals surface area contributed by atoms with E-state index in [4.69, 9.17) is 0 Å². The molecular formula is C19H31N. The number of hydrogen-bond acceptors (Lipinski definition) is 1. The van der Waals surface area contributed by atoms with Gasteiger partial charge in [0.25, 0.3) is 0 Å². The van der Waals surface area contributed by atoms with Gasteiger partial charge in [-0.2, -0.15) is 0 Å². The molecule has 1 fully saturated rings. The second kappa shape index (κ2) is 7.26. The third-order valence-electron chi connectivity index (χ3n) is 4.95. The summed E-state index contributed by atoms with van der Waals surface area (Å²) in [5, 5.41) is 3.84. The summed E-state index contributed by atoms with van der Waals surface area (Å²) in [5.41, 5.74) is 5.87. The molecule has 2 rings (SSSR count). The molecule has 0 spiro atoms. The fourth-order valence-corrected chi connectivity index (χ4v) is 3.62. The molecule has 1 atom stereocenters. The van der Waals surface area contributed by atoms with Crippen LogP contribution in [-0.4, -0.2) is 6.54 Å². The van der Waals surface area contributed by atoms with Crippen LogP contribution in [0, 0.1) is 26.7 Å². The van der Waals surface area contributed by atoms with Crippen LogP contribution < -0.4 is 5.32 Å². The second-order valence-electron chi connectivity index (χ2n) is 6.62. The van der Waals surface area contributed by atoms with E-state index in [1.54, 1.807) is 5.56 Å². The lowest BCUT2D eigenvalue weighted by atomic mass is 9.79. The van der Waals surface area contributed by atoms with Gasteiger partial charge in [0.05, 0.1) is 0 Å². The SMILES string of the molecule is CCCNC(c1cc(C)c(C)cc1C)C1CCCCC1. The van der Waals surface area contributed by atoms with Crippen molar-refractivity contribution in [3.63, 3.8) is 0 Å². The molecule has 0 aromatic heterocycles. The van der Waals surface area contributed by atoms with Gasteiger partial charge >= 0.3 is 0 Å². The van der Waals surface area contributed by atoms with Crippen LogP contribution in [0.1, 0.15) is 73.7 Å². The number of nitrogens with one attached hydrogen (secondary N) is 1. The van der Waals surface area contributed by atoms with Crippen LogP contribution in [-0.2, 0) is 0 Å². The number of hydrogen-bond donors (Lipinski definition) is 1. The zero-order valence-corrected chi connectivity index (χ0v) is 13.8. The number of aryl methyl sites for hydroxylation is 3. The molecule has 1 aliphatic carbocycles. The molecule has 0 bridgehead atoms. The van der Waals surface area contributed by atoms with Crippen molar-refractivity contribution in [3.8, 4) is 0 Å². The normalized spacial score (nSPS) is 18.2. The van der Waals surface area contributed by atoms with Gasteiger partial charge in [0, 0.05) is 6.04 Å². The molecule has 1 aromatic carbocycles. The van der Waals surface area contributed by atoms with Gasteiger partial charge in [0.2, 0.25) is 0 Å². The molecular weight excluding hydrogens is 242 g/mol. The van der Waals surface area contributed by atoms with Crippen molar-refractivity contribution in [2.24, 2.45) is 5.92 Å². The van der Waals surface area contributed by atoms with Crippen LogP contribution in [0.4, 0.5) is 0 Å². The Morgan fingerprint density at radius 2 is 1.65 bits per heavy atom. The van der Waals surface area contributed by atoms with E-state index in [1.165, 1.54) is 55.2 Å². The summed E-state index contributed by atoms with van der Waals surface area (Å²) in [5.74, 6) is 0.830. The maximum absolute atomic E-state index is 3.84. The van der Waals surface area contributed by atoms with E-state index in [1.807, 2.05) is 0 Å². The van der Waals surface area contributed by atoms with Gasteiger partial charge in [-0.15, -0.1) is 0 Å². The Hall–Kier alpha value is -0.820. The highest BCUT2D eigenvalue weighted by Crippen LogP contribution is 2.36. The van der Waals surface area contributed by atoms with Crippen molar-refractivity contribution in [1.82, 2.24) is 5.32 Å². The summed E-state index contributed by atoms with van der Waals surface area (Å²) in [4.78, 5) is 0. The molecule has 20 heavy (non-hydrogen) atoms. The Kier molecular flexibility index (Phi) is 5.65. The molecule has 112 valence electrons. The molecule has 0 amide bonds. The smallest absolute Gasteiger partial charge is 0.0351 e. The maximum atomic E-state index is 3.84. The fraction of sp³-hybridized carbons (Fsp3) is 0.684. The predicted octanol–water partition coefficient (Wildman–Crippen LogP) is 5.23. The van der Waals surface area contributed by atoms with Crippen LogP contribution >= 0.6 is 0 Å². The molecule has 1 unspecified atom stereocenters. The van der Waals surface area contributed by atoms with Gasteiger partial charge in [0.1, 0.15) is 0 Å². The van der Waals surface area contributed by atoms with Crippen molar-refractivity contribution in [3.05, 3.63) is 34.4 Å². The summed E-state index contributed by atoms with van der Waals surface area (Å²) in [6, 6.07) is 5.37. The molecule has 1 aliphatic rings. The average Bonchev–Trinajstić information content (AvgIpc) is 2.45. The minimum Gasteiger partial charge on any atom is -0.310 e. The Balaban J connectivity index is 2.27. The topological polar surface area (TPSA) is 12.0 Å². The van der Waals surface area contributed by atoms with Crippen LogP contribution in [0.2, 0.25) is 0 Å². The summed E-state index contributed by atoms with van der Waals surface area (Å²) in [7, 11) is 0. The van der Waals surface area contributed by atoms with Crippen LogP contribution in [0.25, 0.3) is 0 Å². The van der Waals surface area contributed by atoms with Gasteiger partial charge in [0.15, 0.2) is 0 Å². The van der Waals surface area contributed by atoms with Crippen LogP contribution in [0.5, 0.6) is 0 Å². The largest absolute Gasteiger partial charge is 0.310 e. The van der Waals surface area contributed by atoms with Gasteiger partial charge in [-0.3, -0.25) is 0 Å². The Labute approximate surface area is 125 Å². The van der Waals surface area contributed by atoms with Crippen molar-refractivity contribution in [1.29, 1.82) is 0 Å². The summed E-state index contributed by atoms with van der Waals surface area (Å²) in [6.45, 7) is 10.1. The zero-order valence-electron chi connectivity index (χ0n) is 13.8. The van der Waals surface area contributed by atoms with Crippen LogP contribution in [0.3, 0.4) is 0 Å². The highest BCUT2D eigenvalue weighted by molar-refractivity contribution is 5.38. The monoisotopic (exact) mass is 273 g/mol. The van der Waals surface area contributed by atoms with E-state index >= 15 is 0 Å². The molecule has 1 heteroatoms. The van der Waals surface area contributed by atoms with Crippen LogP contribution in [0.15, 0.2) is 12.1 Å². The zero-order chi connectivity index (χ0) is 14.5. The highest BCUT2D eigenvalue weighted by atomic mass is 14.9. The molecule has 0 aliphatic heterocycles. The molecule has 1 N–H and O–H groups in total. The lowest BCUT2D eigenvalue weighted by Gasteiger charge is -2.33. The first-order valence-corrected chi connectivity index (χ1v) is 8.44. The Bertz CT molecular complexity index is 430. The Morgan fingerprint density at radius 3 is 2.30 bits per heavy atom. The lowest BCUT2D eigenvalue weighted by Crippen LogP contribution is -2.31. The number of rotatable bonds is 5. The van der Waals surface area contributed by atoms with Gasteiger partial charge < -0.3 is 5.32 Å². The fourth-order valence-electron chi connectivity index (χ4n) is 3.62. The molecule has 1 saturated carbocycles. The first-order valence-electron chi connectivity index (χ1n) is 8.44. The third kappa shape index (κ3) is 3.63. The highest BCUT2D eigenvalue weighted by Gasteiger charge is 2.25. The summed E-state index contributed by atoms with van der Waals surface area (Å²) < 4.78 is 0.